The van der Waals surface area contributed by atoms with Gasteiger partial charge in [0.25, 0.3) is 0 Å². The van der Waals surface area contributed by atoms with Crippen molar-refractivity contribution in [3.63, 3.8) is 0 Å². The van der Waals surface area contributed by atoms with Crippen LogP contribution < -0.4 is 0 Å². The summed E-state index contributed by atoms with van der Waals surface area (Å²) in [4.78, 5) is 3.38. The van der Waals surface area contributed by atoms with Crippen molar-refractivity contribution in [2.45, 2.75) is 46.2 Å². The monoisotopic (exact) mass is 247 g/mol. The van der Waals surface area contributed by atoms with Crippen LogP contribution in [0.25, 0.3) is 0 Å². The molecule has 98 valence electrons. The minimum absolute atomic E-state index is 0.164. The molecular weight excluding hydrogens is 227 g/mol. The summed E-state index contributed by atoms with van der Waals surface area (Å²) in [5, 5.41) is 0. The molecule has 0 aliphatic heterocycles. The van der Waals surface area contributed by atoms with Crippen molar-refractivity contribution in [2.24, 2.45) is 10.9 Å². The number of hydrogen-bond acceptors (Lipinski definition) is 1. The third-order valence-corrected chi connectivity index (χ3v) is 2.30. The molecule has 0 atom stereocenters. The van der Waals surface area contributed by atoms with Crippen molar-refractivity contribution < 1.29 is 13.2 Å². The van der Waals surface area contributed by atoms with Gasteiger partial charge in [0, 0.05) is 6.21 Å². The van der Waals surface area contributed by atoms with E-state index in [0.29, 0.717) is 0 Å². The lowest BCUT2D eigenvalue weighted by Crippen LogP contribution is -2.09. The van der Waals surface area contributed by atoms with Crippen LogP contribution >= 0.6 is 0 Å². The fourth-order valence-corrected chi connectivity index (χ4v) is 1.14. The van der Waals surface area contributed by atoms with E-state index in [1.165, 1.54) is 6.21 Å². The van der Waals surface area contributed by atoms with E-state index >= 15 is 0 Å². The molecule has 0 aliphatic carbocycles. The first kappa shape index (κ1) is 15.9. The van der Waals surface area contributed by atoms with E-state index in [2.05, 4.69) is 18.5 Å². The highest BCUT2D eigenvalue weighted by atomic mass is 19.4. The fraction of sp³-hybridized carbons (Fsp3) is 0.615. The number of halogens is 3. The van der Waals surface area contributed by atoms with E-state index in [4.69, 9.17) is 0 Å². The molecule has 0 aromatic rings. The van der Waals surface area contributed by atoms with Gasteiger partial charge in [-0.3, -0.25) is 4.99 Å². The quantitative estimate of drug-likeness (QED) is 0.467. The lowest BCUT2D eigenvalue weighted by molar-refractivity contribution is -0.0918. The summed E-state index contributed by atoms with van der Waals surface area (Å²) in [6.07, 6.45) is 1.74. The van der Waals surface area contributed by atoms with Gasteiger partial charge in [-0.2, -0.15) is 13.2 Å². The van der Waals surface area contributed by atoms with Crippen molar-refractivity contribution in [3.8, 4) is 0 Å². The molecule has 0 fully saturated rings. The van der Waals surface area contributed by atoms with E-state index in [9.17, 15) is 13.2 Å². The van der Waals surface area contributed by atoms with Gasteiger partial charge in [0.2, 0.25) is 0 Å². The molecule has 0 bridgehead atoms. The Kier molecular flexibility index (Phi) is 6.85. The first-order chi connectivity index (χ1) is 7.79. The fourth-order valence-electron chi connectivity index (χ4n) is 1.14. The summed E-state index contributed by atoms with van der Waals surface area (Å²) < 4.78 is 36.5. The summed E-state index contributed by atoms with van der Waals surface area (Å²) in [5.41, 5.74) is -0.233. The Balaban J connectivity index is 4.61. The molecule has 0 aromatic heterocycles. The summed E-state index contributed by atoms with van der Waals surface area (Å²) in [7, 11) is 0. The second kappa shape index (κ2) is 7.30. The molecule has 0 N–H and O–H groups in total. The Morgan fingerprint density at radius 1 is 1.35 bits per heavy atom. The summed E-state index contributed by atoms with van der Waals surface area (Å²) in [6, 6.07) is 0. The van der Waals surface area contributed by atoms with Crippen LogP contribution in [-0.4, -0.2) is 12.4 Å². The Morgan fingerprint density at radius 3 is 2.35 bits per heavy atom. The van der Waals surface area contributed by atoms with Gasteiger partial charge >= 0.3 is 6.18 Å². The van der Waals surface area contributed by atoms with E-state index in [-0.39, 0.29) is 5.92 Å². The van der Waals surface area contributed by atoms with E-state index in [1.807, 2.05) is 19.9 Å². The Bertz CT molecular complexity index is 298. The molecule has 0 radical (unpaired) electrons. The zero-order valence-corrected chi connectivity index (χ0v) is 10.6. The van der Waals surface area contributed by atoms with Gasteiger partial charge in [0.15, 0.2) is 0 Å². The van der Waals surface area contributed by atoms with Crippen LogP contribution in [0.4, 0.5) is 13.2 Å². The third kappa shape index (κ3) is 6.97. The van der Waals surface area contributed by atoms with Crippen LogP contribution in [0.3, 0.4) is 0 Å². The van der Waals surface area contributed by atoms with E-state index < -0.39 is 11.9 Å². The third-order valence-electron chi connectivity index (χ3n) is 2.30. The summed E-state index contributed by atoms with van der Waals surface area (Å²) in [6.45, 7) is 8.84. The standard InChI is InChI=1S/C13H20F3N/c1-5-6-7-8-12(10(2)3)9-17-11(4)13(14,15)16/h8-10H,4-7H2,1-3H3/b12-8+,17-9-. The minimum atomic E-state index is -4.44. The molecule has 0 aliphatic rings. The maximum atomic E-state index is 12.2. The van der Waals surface area contributed by atoms with E-state index in [1.54, 1.807) is 0 Å². The Morgan fingerprint density at radius 2 is 1.94 bits per heavy atom. The SMILES string of the molecule is C=C(/N=C\C(=C/CCCC)C(C)C)C(F)(F)F. The molecule has 0 saturated heterocycles. The number of allylic oxidation sites excluding steroid dienone is 3. The summed E-state index contributed by atoms with van der Waals surface area (Å²) >= 11 is 0. The number of nitrogens with zero attached hydrogens (tertiary/aromatic N) is 1. The molecule has 4 heteroatoms. The van der Waals surface area contributed by atoms with Crippen LogP contribution in [0.15, 0.2) is 28.9 Å². The molecule has 0 aromatic carbocycles. The van der Waals surface area contributed by atoms with Crippen molar-refractivity contribution in [2.75, 3.05) is 0 Å². The lowest BCUT2D eigenvalue weighted by atomic mass is 10.0. The average Bonchev–Trinajstić information content (AvgIpc) is 2.20. The minimum Gasteiger partial charge on any atom is -0.252 e. The van der Waals surface area contributed by atoms with Crippen molar-refractivity contribution >= 4 is 6.21 Å². The van der Waals surface area contributed by atoms with Crippen LogP contribution in [0.2, 0.25) is 0 Å². The van der Waals surface area contributed by atoms with Gasteiger partial charge in [-0.1, -0.05) is 46.3 Å². The van der Waals surface area contributed by atoms with Crippen molar-refractivity contribution in [1.82, 2.24) is 0 Å². The summed E-state index contributed by atoms with van der Waals surface area (Å²) in [5.74, 6) is 0.164. The molecule has 17 heavy (non-hydrogen) atoms. The van der Waals surface area contributed by atoms with Crippen molar-refractivity contribution in [3.05, 3.63) is 23.9 Å². The molecule has 0 unspecified atom stereocenters. The zero-order valence-electron chi connectivity index (χ0n) is 10.6. The number of alkyl halides is 3. The van der Waals surface area contributed by atoms with Gasteiger partial charge < -0.3 is 0 Å². The highest BCUT2D eigenvalue weighted by Gasteiger charge is 2.31. The van der Waals surface area contributed by atoms with Crippen LogP contribution in [0.1, 0.15) is 40.0 Å². The van der Waals surface area contributed by atoms with Gasteiger partial charge in [-0.15, -0.1) is 0 Å². The molecule has 0 amide bonds. The second-order valence-electron chi connectivity index (χ2n) is 4.20. The molecule has 0 spiro atoms. The number of rotatable bonds is 6. The van der Waals surface area contributed by atoms with Gasteiger partial charge in [0.1, 0.15) is 5.70 Å². The van der Waals surface area contributed by atoms with Gasteiger partial charge in [-0.05, 0) is 17.9 Å². The second-order valence-corrected chi connectivity index (χ2v) is 4.20. The van der Waals surface area contributed by atoms with Gasteiger partial charge in [-0.25, -0.2) is 0 Å². The number of hydrogen-bond donors (Lipinski definition) is 0. The highest BCUT2D eigenvalue weighted by molar-refractivity contribution is 5.79. The largest absolute Gasteiger partial charge is 0.432 e. The lowest BCUT2D eigenvalue weighted by Gasteiger charge is -2.08. The predicted molar refractivity (Wildman–Crippen MR) is 66.1 cm³/mol. The molecule has 0 heterocycles. The topological polar surface area (TPSA) is 12.4 Å². The molecular formula is C13H20F3N. The number of unbranched alkanes of at least 4 members (excludes halogenated alkanes) is 2. The first-order valence-corrected chi connectivity index (χ1v) is 5.79. The molecule has 0 saturated carbocycles. The maximum Gasteiger partial charge on any atom is 0.432 e. The van der Waals surface area contributed by atoms with Crippen molar-refractivity contribution in [1.29, 1.82) is 0 Å². The van der Waals surface area contributed by atoms with Crippen LogP contribution in [-0.2, 0) is 0 Å². The van der Waals surface area contributed by atoms with Crippen LogP contribution in [0, 0.1) is 5.92 Å². The Hall–Kier alpha value is -1.06. The normalized spacial score (nSPS) is 13.7. The first-order valence-electron chi connectivity index (χ1n) is 5.79. The average molecular weight is 247 g/mol. The Labute approximate surface area is 101 Å². The van der Waals surface area contributed by atoms with Gasteiger partial charge in [0.05, 0.1) is 0 Å². The maximum absolute atomic E-state index is 12.2. The molecule has 0 rings (SSSR count). The van der Waals surface area contributed by atoms with E-state index in [0.717, 1.165) is 24.8 Å². The zero-order chi connectivity index (χ0) is 13.5. The predicted octanol–water partition coefficient (Wildman–Crippen LogP) is 4.91. The molecule has 1 nitrogen and oxygen atoms in total. The number of aliphatic imine (C=N–C) groups is 1. The van der Waals surface area contributed by atoms with Crippen LogP contribution in [0.5, 0.6) is 0 Å². The highest BCUT2D eigenvalue weighted by Crippen LogP contribution is 2.25. The smallest absolute Gasteiger partial charge is 0.252 e.